The van der Waals surface area contributed by atoms with E-state index in [4.69, 9.17) is 10.8 Å². The van der Waals surface area contributed by atoms with Gasteiger partial charge in [0.05, 0.1) is 6.33 Å². The van der Waals surface area contributed by atoms with Crippen LogP contribution >= 0.6 is 0 Å². The molecule has 5 N–H and O–H groups in total. The largest absolute Gasteiger partial charge is 0.480 e. The van der Waals surface area contributed by atoms with Crippen molar-refractivity contribution in [1.82, 2.24) is 15.3 Å². The number of carboxylic acid groups (broad SMARTS) is 1. The van der Waals surface area contributed by atoms with Crippen LogP contribution in [-0.4, -0.2) is 39.0 Å². The van der Waals surface area contributed by atoms with Gasteiger partial charge >= 0.3 is 5.97 Å². The molecular formula is C9H14N4O3. The molecule has 88 valence electrons. The van der Waals surface area contributed by atoms with Crippen LogP contribution in [0.1, 0.15) is 12.6 Å². The summed E-state index contributed by atoms with van der Waals surface area (Å²) in [6.07, 6.45) is 3.34. The number of hydrogen-bond acceptors (Lipinski definition) is 4. The molecule has 2 rings (SSSR count). The van der Waals surface area contributed by atoms with E-state index in [1.165, 1.54) is 6.33 Å². The van der Waals surface area contributed by atoms with Crippen molar-refractivity contribution in [3.8, 4) is 0 Å². The fourth-order valence-corrected chi connectivity index (χ4v) is 0.892. The van der Waals surface area contributed by atoms with Gasteiger partial charge in [-0.05, 0) is 6.92 Å². The van der Waals surface area contributed by atoms with Crippen molar-refractivity contribution in [2.24, 2.45) is 5.73 Å². The molecule has 0 radical (unpaired) electrons. The third kappa shape index (κ3) is 4.09. The quantitative estimate of drug-likeness (QED) is 0.484. The molecule has 7 heteroatoms. The minimum Gasteiger partial charge on any atom is -0.480 e. The minimum absolute atomic E-state index is 0.162. The Morgan fingerprint density at radius 2 is 2.31 bits per heavy atom. The molecule has 1 fully saturated rings. The van der Waals surface area contributed by atoms with Crippen LogP contribution in [0, 0.1) is 0 Å². The summed E-state index contributed by atoms with van der Waals surface area (Å²) < 4.78 is 0. The molecule has 0 saturated carbocycles. The zero-order valence-electron chi connectivity index (χ0n) is 8.80. The summed E-state index contributed by atoms with van der Waals surface area (Å²) in [5, 5.41) is 11.0. The molecule has 1 amide bonds. The van der Waals surface area contributed by atoms with Crippen LogP contribution in [0.3, 0.4) is 0 Å². The second-order valence-corrected chi connectivity index (χ2v) is 3.46. The molecule has 1 aromatic rings. The van der Waals surface area contributed by atoms with E-state index in [0.717, 1.165) is 5.69 Å². The van der Waals surface area contributed by atoms with Gasteiger partial charge < -0.3 is 21.1 Å². The van der Waals surface area contributed by atoms with Gasteiger partial charge in [0.15, 0.2) is 0 Å². The number of rotatable bonds is 3. The summed E-state index contributed by atoms with van der Waals surface area (Å²) in [5.74, 6) is -0.829. The Bertz CT molecular complexity index is 363. The van der Waals surface area contributed by atoms with Gasteiger partial charge in [0.25, 0.3) is 0 Å². The second-order valence-electron chi connectivity index (χ2n) is 3.46. The lowest BCUT2D eigenvalue weighted by atomic mass is 10.2. The smallest absolute Gasteiger partial charge is 0.320 e. The topological polar surface area (TPSA) is 131 Å². The number of aliphatic carboxylic acids is 1. The normalized spacial score (nSPS) is 19.1. The molecule has 0 aliphatic carbocycles. The van der Waals surface area contributed by atoms with E-state index in [1.54, 1.807) is 6.20 Å². The van der Waals surface area contributed by atoms with Gasteiger partial charge in [0, 0.05) is 18.3 Å². The lowest BCUT2D eigenvalue weighted by Crippen LogP contribution is -2.32. The number of aromatic amines is 1. The molecule has 1 aliphatic rings. The highest BCUT2D eigenvalue weighted by Crippen LogP contribution is 1.95. The summed E-state index contributed by atoms with van der Waals surface area (Å²) in [7, 11) is 0. The predicted molar refractivity (Wildman–Crippen MR) is 55.5 cm³/mol. The number of amides is 1. The lowest BCUT2D eigenvalue weighted by molar-refractivity contribution is -0.138. The third-order valence-electron chi connectivity index (χ3n) is 1.98. The van der Waals surface area contributed by atoms with Crippen LogP contribution < -0.4 is 11.1 Å². The SMILES string of the molecule is CC1NC1=O.N[C@@H](Cc1cnc[nH]1)C(=O)O. The monoisotopic (exact) mass is 226 g/mol. The van der Waals surface area contributed by atoms with E-state index >= 15 is 0 Å². The van der Waals surface area contributed by atoms with Gasteiger partial charge in [-0.2, -0.15) is 0 Å². The average molecular weight is 226 g/mol. The second kappa shape index (κ2) is 5.26. The lowest BCUT2D eigenvalue weighted by Gasteiger charge is -2.02. The third-order valence-corrected chi connectivity index (χ3v) is 1.98. The van der Waals surface area contributed by atoms with Crippen LogP contribution in [0.4, 0.5) is 0 Å². The van der Waals surface area contributed by atoms with Crippen molar-refractivity contribution in [3.63, 3.8) is 0 Å². The number of carboxylic acids is 1. The molecule has 2 atom stereocenters. The summed E-state index contributed by atoms with van der Waals surface area (Å²) in [6.45, 7) is 1.84. The van der Waals surface area contributed by atoms with Crippen LogP contribution in [0.2, 0.25) is 0 Å². The number of H-pyrrole nitrogens is 1. The predicted octanol–water partition coefficient (Wildman–Crippen LogP) is -1.13. The van der Waals surface area contributed by atoms with Crippen molar-refractivity contribution in [2.75, 3.05) is 0 Å². The summed E-state index contributed by atoms with van der Waals surface area (Å²) in [5.41, 5.74) is 6.00. The van der Waals surface area contributed by atoms with Crippen LogP contribution in [-0.2, 0) is 16.0 Å². The highest BCUT2D eigenvalue weighted by molar-refractivity contribution is 5.95. The Balaban J connectivity index is 0.000000212. The molecule has 1 unspecified atom stereocenters. The fraction of sp³-hybridized carbons (Fsp3) is 0.444. The highest BCUT2D eigenvalue weighted by Gasteiger charge is 2.26. The molecule has 1 saturated heterocycles. The molecule has 2 heterocycles. The minimum atomic E-state index is -1.00. The number of carbonyl (C=O) groups excluding carboxylic acids is 1. The molecular weight excluding hydrogens is 212 g/mol. The Labute approximate surface area is 92.1 Å². The van der Waals surface area contributed by atoms with Crippen molar-refractivity contribution in [1.29, 1.82) is 0 Å². The zero-order valence-corrected chi connectivity index (χ0v) is 8.80. The number of nitrogens with one attached hydrogen (secondary N) is 2. The Morgan fingerprint density at radius 3 is 2.62 bits per heavy atom. The highest BCUT2D eigenvalue weighted by atomic mass is 16.4. The average Bonchev–Trinajstić information content (AvgIpc) is 2.71. The zero-order chi connectivity index (χ0) is 12.1. The van der Waals surface area contributed by atoms with Gasteiger partial charge in [0.1, 0.15) is 12.1 Å². The molecule has 1 aromatic heterocycles. The Hall–Kier alpha value is -1.89. The first-order chi connectivity index (χ1) is 7.50. The number of aromatic nitrogens is 2. The number of carbonyl (C=O) groups is 2. The van der Waals surface area contributed by atoms with Crippen molar-refractivity contribution in [2.45, 2.75) is 25.4 Å². The van der Waals surface area contributed by atoms with E-state index < -0.39 is 12.0 Å². The summed E-state index contributed by atoms with van der Waals surface area (Å²) in [6, 6.07) is -0.689. The number of hydrogen-bond donors (Lipinski definition) is 4. The molecule has 7 nitrogen and oxygen atoms in total. The first-order valence-corrected chi connectivity index (χ1v) is 4.76. The van der Waals surface area contributed by atoms with Crippen molar-refractivity contribution >= 4 is 11.9 Å². The first-order valence-electron chi connectivity index (χ1n) is 4.76. The van der Waals surface area contributed by atoms with E-state index in [0.29, 0.717) is 0 Å². The maximum Gasteiger partial charge on any atom is 0.320 e. The maximum absolute atomic E-state index is 10.3. The summed E-state index contributed by atoms with van der Waals surface area (Å²) >= 11 is 0. The molecule has 0 aromatic carbocycles. The molecule has 1 aliphatic heterocycles. The number of imidazole rings is 1. The van der Waals surface area contributed by atoms with Crippen molar-refractivity contribution in [3.05, 3.63) is 18.2 Å². The van der Waals surface area contributed by atoms with Crippen LogP contribution in [0.25, 0.3) is 0 Å². The maximum atomic E-state index is 10.3. The molecule has 0 spiro atoms. The van der Waals surface area contributed by atoms with E-state index in [2.05, 4.69) is 15.3 Å². The molecule has 0 bridgehead atoms. The van der Waals surface area contributed by atoms with Crippen LogP contribution in [0.15, 0.2) is 12.5 Å². The first kappa shape index (κ1) is 12.2. The summed E-state index contributed by atoms with van der Waals surface area (Å²) in [4.78, 5) is 26.5. The van der Waals surface area contributed by atoms with E-state index in [1.807, 2.05) is 6.92 Å². The standard InChI is InChI=1S/C6H9N3O2.C3H5NO/c7-5(6(10)11)1-4-2-8-3-9-4;1-2-3(5)4-2/h2-3,5H,1,7H2,(H,8,9)(H,10,11);2H,1H3,(H,4,5)/t5-;/m0./s1. The Morgan fingerprint density at radius 1 is 1.75 bits per heavy atom. The van der Waals surface area contributed by atoms with Crippen molar-refractivity contribution < 1.29 is 14.7 Å². The number of nitrogens with two attached hydrogens (primary N) is 1. The van der Waals surface area contributed by atoms with Gasteiger partial charge in [0.2, 0.25) is 5.91 Å². The van der Waals surface area contributed by atoms with Gasteiger partial charge in [-0.3, -0.25) is 9.59 Å². The van der Waals surface area contributed by atoms with Gasteiger partial charge in [-0.15, -0.1) is 0 Å². The Kier molecular flexibility index (Phi) is 4.01. The van der Waals surface area contributed by atoms with E-state index in [-0.39, 0.29) is 18.4 Å². The van der Waals surface area contributed by atoms with Crippen LogP contribution in [0.5, 0.6) is 0 Å². The van der Waals surface area contributed by atoms with Gasteiger partial charge in [-0.1, -0.05) is 0 Å². The fourth-order valence-electron chi connectivity index (χ4n) is 0.892. The molecule has 16 heavy (non-hydrogen) atoms. The van der Waals surface area contributed by atoms with Gasteiger partial charge in [-0.25, -0.2) is 4.98 Å². The number of nitrogens with zero attached hydrogens (tertiary/aromatic N) is 1. The van der Waals surface area contributed by atoms with E-state index in [9.17, 15) is 9.59 Å².